The van der Waals surface area contributed by atoms with Crippen LogP contribution in [0.4, 0.5) is 5.95 Å². The number of aryl methyl sites for hydroxylation is 1. The van der Waals surface area contributed by atoms with E-state index in [1.165, 1.54) is 0 Å². The first-order chi connectivity index (χ1) is 15.8. The van der Waals surface area contributed by atoms with Crippen LogP contribution in [0.5, 0.6) is 11.5 Å². The largest absolute Gasteiger partial charge is 0.497 e. The lowest BCUT2D eigenvalue weighted by atomic mass is 10.1. The number of carbonyl (C=O) groups excluding carboxylic acids is 1. The molecule has 3 aromatic rings. The highest BCUT2D eigenvalue weighted by molar-refractivity contribution is 6.09. The van der Waals surface area contributed by atoms with E-state index in [-0.39, 0.29) is 11.5 Å². The normalized spacial score (nSPS) is 11.4. The molecule has 9 nitrogen and oxygen atoms in total. The van der Waals surface area contributed by atoms with Crippen molar-refractivity contribution in [2.24, 2.45) is 5.92 Å². The molecule has 9 heteroatoms. The lowest BCUT2D eigenvalue weighted by molar-refractivity contribution is -0.112. The maximum absolute atomic E-state index is 12.7. The van der Waals surface area contributed by atoms with E-state index in [0.717, 1.165) is 23.5 Å². The van der Waals surface area contributed by atoms with Gasteiger partial charge >= 0.3 is 0 Å². The first kappa shape index (κ1) is 23.6. The molecule has 0 unspecified atom stereocenters. The molecule has 0 aliphatic heterocycles. The fourth-order valence-corrected chi connectivity index (χ4v) is 3.53. The molecule has 0 atom stereocenters. The van der Waals surface area contributed by atoms with E-state index in [1.807, 2.05) is 26.0 Å². The highest BCUT2D eigenvalue weighted by atomic mass is 16.5. The molecule has 0 saturated carbocycles. The maximum atomic E-state index is 12.7. The zero-order valence-electron chi connectivity index (χ0n) is 19.7. The maximum Gasteiger partial charge on any atom is 0.268 e. The number of carbonyl (C=O) groups is 1. The summed E-state index contributed by atoms with van der Waals surface area (Å²) in [4.78, 5) is 17.1. The second-order valence-corrected chi connectivity index (χ2v) is 8.03. The molecule has 3 rings (SSSR count). The lowest BCUT2D eigenvalue weighted by Crippen LogP contribution is -2.14. The number of nitrogens with zero attached hydrogens (tertiary/aromatic N) is 4. The first-order valence-electron chi connectivity index (χ1n) is 10.5. The predicted octanol–water partition coefficient (Wildman–Crippen LogP) is 4.11. The fourth-order valence-electron chi connectivity index (χ4n) is 3.53. The second-order valence-electron chi connectivity index (χ2n) is 8.03. The molecule has 0 saturated heterocycles. The summed E-state index contributed by atoms with van der Waals surface area (Å²) in [5.41, 5.74) is 3.54. The highest BCUT2D eigenvalue weighted by Crippen LogP contribution is 2.31. The molecule has 2 N–H and O–H groups in total. The number of nitrogens with one attached hydrogen (secondary N) is 2. The van der Waals surface area contributed by atoms with Crippen molar-refractivity contribution in [2.45, 2.75) is 34.2 Å². The third-order valence-corrected chi connectivity index (χ3v) is 5.20. The molecule has 0 fully saturated rings. The molecule has 1 aromatic carbocycles. The topological polar surface area (TPSA) is 118 Å². The summed E-state index contributed by atoms with van der Waals surface area (Å²) < 4.78 is 12.8. The monoisotopic (exact) mass is 448 g/mol. The molecule has 172 valence electrons. The number of aromatic amines is 1. The van der Waals surface area contributed by atoms with Crippen molar-refractivity contribution in [3.05, 3.63) is 46.8 Å². The van der Waals surface area contributed by atoms with E-state index >= 15 is 0 Å². The Labute approximate surface area is 193 Å². The number of H-pyrrole nitrogens is 1. The van der Waals surface area contributed by atoms with E-state index in [1.54, 1.807) is 38.5 Å². The van der Waals surface area contributed by atoms with Gasteiger partial charge in [0.1, 0.15) is 23.1 Å². The summed E-state index contributed by atoms with van der Waals surface area (Å²) in [7, 11) is 3.11. The van der Waals surface area contributed by atoms with Gasteiger partial charge in [0.15, 0.2) is 5.82 Å². The molecular weight excluding hydrogens is 420 g/mol. The van der Waals surface area contributed by atoms with Gasteiger partial charge in [0.25, 0.3) is 5.91 Å². The van der Waals surface area contributed by atoms with Crippen LogP contribution in [-0.2, 0) is 11.3 Å². The Bertz CT molecular complexity index is 1230. The molecule has 0 bridgehead atoms. The second kappa shape index (κ2) is 10.0. The number of amides is 1. The summed E-state index contributed by atoms with van der Waals surface area (Å²) in [5, 5.41) is 19.0. The van der Waals surface area contributed by atoms with Crippen molar-refractivity contribution in [3.8, 4) is 29.0 Å². The van der Waals surface area contributed by atoms with Gasteiger partial charge in [0, 0.05) is 24.0 Å². The first-order valence-corrected chi connectivity index (χ1v) is 10.5. The van der Waals surface area contributed by atoms with E-state index in [0.29, 0.717) is 28.8 Å². The molecule has 2 heterocycles. The predicted molar refractivity (Wildman–Crippen MR) is 126 cm³/mol. The number of aromatic nitrogens is 4. The minimum atomic E-state index is -0.585. The van der Waals surface area contributed by atoms with Crippen molar-refractivity contribution < 1.29 is 14.3 Å². The van der Waals surface area contributed by atoms with Crippen molar-refractivity contribution in [3.63, 3.8) is 0 Å². The Morgan fingerprint density at radius 1 is 1.27 bits per heavy atom. The van der Waals surface area contributed by atoms with Gasteiger partial charge in [-0.25, -0.2) is 0 Å². The van der Waals surface area contributed by atoms with Gasteiger partial charge in [0.2, 0.25) is 5.95 Å². The number of rotatable bonds is 8. The molecule has 0 aliphatic rings. The zero-order chi connectivity index (χ0) is 24.1. The van der Waals surface area contributed by atoms with E-state index in [2.05, 4.69) is 38.9 Å². The van der Waals surface area contributed by atoms with Crippen LogP contribution < -0.4 is 14.8 Å². The smallest absolute Gasteiger partial charge is 0.268 e. The average molecular weight is 449 g/mol. The SMILES string of the molecule is COc1ccc(-c2nc(NC(=O)/C(C#N)=C\c3cc(C)n(CC(C)C)c3C)n[nH]2)c(OC)c1. The van der Waals surface area contributed by atoms with Gasteiger partial charge in [0.05, 0.1) is 19.8 Å². The Balaban J connectivity index is 1.82. The van der Waals surface area contributed by atoms with Crippen molar-refractivity contribution in [1.82, 2.24) is 19.7 Å². The van der Waals surface area contributed by atoms with Gasteiger partial charge in [-0.1, -0.05) is 13.8 Å². The molecule has 0 radical (unpaired) electrons. The van der Waals surface area contributed by atoms with Gasteiger partial charge in [-0.05, 0) is 49.6 Å². The van der Waals surface area contributed by atoms with Crippen molar-refractivity contribution in [1.29, 1.82) is 5.26 Å². The fraction of sp³-hybridized carbons (Fsp3) is 0.333. The number of anilines is 1. The van der Waals surface area contributed by atoms with E-state index in [9.17, 15) is 10.1 Å². The number of hydrogen-bond donors (Lipinski definition) is 2. The number of nitriles is 1. The number of hydrogen-bond acceptors (Lipinski definition) is 6. The van der Waals surface area contributed by atoms with Gasteiger partial charge in [-0.2, -0.15) is 10.2 Å². The van der Waals surface area contributed by atoms with Crippen LogP contribution in [0.1, 0.15) is 30.8 Å². The standard InChI is InChI=1S/C24H28N6O3/c1-14(2)13-30-15(3)9-17(16(30)4)10-18(12-25)23(31)27-24-26-22(28-29-24)20-8-7-19(32-5)11-21(20)33-6/h7-11,14H,13H2,1-6H3,(H2,26,27,28,29,31)/b18-10-. The Morgan fingerprint density at radius 2 is 2.03 bits per heavy atom. The molecular formula is C24H28N6O3. The van der Waals surface area contributed by atoms with Crippen LogP contribution in [0.25, 0.3) is 17.5 Å². The zero-order valence-corrected chi connectivity index (χ0v) is 19.7. The molecule has 0 aliphatic carbocycles. The van der Waals surface area contributed by atoms with Crippen LogP contribution in [0.15, 0.2) is 29.8 Å². The Hall–Kier alpha value is -4.06. The van der Waals surface area contributed by atoms with Gasteiger partial charge < -0.3 is 14.0 Å². The number of benzene rings is 1. The summed E-state index contributed by atoms with van der Waals surface area (Å²) in [6.07, 6.45) is 1.59. The highest BCUT2D eigenvalue weighted by Gasteiger charge is 2.17. The average Bonchev–Trinajstić information content (AvgIpc) is 3.36. The van der Waals surface area contributed by atoms with Crippen LogP contribution in [0.3, 0.4) is 0 Å². The molecule has 33 heavy (non-hydrogen) atoms. The number of methoxy groups -OCH3 is 2. The van der Waals surface area contributed by atoms with E-state index in [4.69, 9.17) is 9.47 Å². The minimum absolute atomic E-state index is 0.0341. The van der Waals surface area contributed by atoms with Gasteiger partial charge in [-0.3, -0.25) is 15.2 Å². The minimum Gasteiger partial charge on any atom is -0.497 e. The summed E-state index contributed by atoms with van der Waals surface area (Å²) in [5.74, 6) is 1.54. The third kappa shape index (κ3) is 5.23. The Kier molecular flexibility index (Phi) is 7.18. The molecule has 0 spiro atoms. The molecule has 1 amide bonds. The van der Waals surface area contributed by atoms with E-state index < -0.39 is 5.91 Å². The summed E-state index contributed by atoms with van der Waals surface area (Å²) in [6.45, 7) is 9.16. The van der Waals surface area contributed by atoms with Crippen LogP contribution in [0.2, 0.25) is 0 Å². The van der Waals surface area contributed by atoms with Crippen molar-refractivity contribution in [2.75, 3.05) is 19.5 Å². The van der Waals surface area contributed by atoms with Crippen LogP contribution in [0, 0.1) is 31.1 Å². The quantitative estimate of drug-likeness (QED) is 0.395. The number of ether oxygens (including phenoxy) is 2. The Morgan fingerprint density at radius 3 is 2.67 bits per heavy atom. The van der Waals surface area contributed by atoms with Crippen LogP contribution >= 0.6 is 0 Å². The molecule has 2 aromatic heterocycles. The lowest BCUT2D eigenvalue weighted by Gasteiger charge is -2.12. The van der Waals surface area contributed by atoms with Crippen molar-refractivity contribution >= 4 is 17.9 Å². The van der Waals surface area contributed by atoms with Crippen LogP contribution in [-0.4, -0.2) is 39.9 Å². The summed E-state index contributed by atoms with van der Waals surface area (Å²) in [6, 6.07) is 9.22. The third-order valence-electron chi connectivity index (χ3n) is 5.20. The van der Waals surface area contributed by atoms with Gasteiger partial charge in [-0.15, -0.1) is 5.10 Å². The summed E-state index contributed by atoms with van der Waals surface area (Å²) >= 11 is 0.